The van der Waals surface area contributed by atoms with E-state index in [1.807, 2.05) is 41.0 Å². The van der Waals surface area contributed by atoms with Gasteiger partial charge in [-0.2, -0.15) is 5.10 Å². The summed E-state index contributed by atoms with van der Waals surface area (Å²) in [6.45, 7) is 1.44. The first-order valence-corrected chi connectivity index (χ1v) is 7.66. The van der Waals surface area contributed by atoms with Gasteiger partial charge in [0.05, 0.1) is 18.9 Å². The van der Waals surface area contributed by atoms with E-state index in [0.29, 0.717) is 6.54 Å². The van der Waals surface area contributed by atoms with Gasteiger partial charge in [-0.25, -0.2) is 9.50 Å². The van der Waals surface area contributed by atoms with Gasteiger partial charge in [0.2, 0.25) is 0 Å². The fraction of sp³-hybridized carbons (Fsp3) is 0.294. The number of hydrogen-bond donors (Lipinski definition) is 1. The number of aliphatic hydroxyl groups excluding tert-OH is 1. The number of methoxy groups -OCH3 is 1. The van der Waals surface area contributed by atoms with Crippen LogP contribution >= 0.6 is 0 Å². The molecule has 1 unspecified atom stereocenters. The quantitative estimate of drug-likeness (QED) is 0.801. The molecule has 1 aliphatic heterocycles. The highest BCUT2D eigenvalue weighted by atomic mass is 16.5. The summed E-state index contributed by atoms with van der Waals surface area (Å²) in [5.74, 6) is 1.70. The molecule has 0 spiro atoms. The van der Waals surface area contributed by atoms with Crippen molar-refractivity contribution in [1.29, 1.82) is 0 Å². The van der Waals surface area contributed by atoms with Crippen molar-refractivity contribution in [2.24, 2.45) is 0 Å². The number of ether oxygens (including phenoxy) is 1. The molecule has 1 saturated heterocycles. The Morgan fingerprint density at radius 1 is 1.26 bits per heavy atom. The van der Waals surface area contributed by atoms with E-state index in [4.69, 9.17) is 4.74 Å². The third-order valence-corrected chi connectivity index (χ3v) is 4.22. The van der Waals surface area contributed by atoms with Crippen molar-refractivity contribution in [3.05, 3.63) is 42.7 Å². The third kappa shape index (κ3) is 2.51. The van der Waals surface area contributed by atoms with Gasteiger partial charge in [-0.1, -0.05) is 0 Å². The molecule has 1 aromatic carbocycles. The van der Waals surface area contributed by atoms with E-state index >= 15 is 0 Å². The van der Waals surface area contributed by atoms with Crippen LogP contribution in [-0.4, -0.2) is 46.0 Å². The van der Waals surface area contributed by atoms with Crippen LogP contribution in [0.15, 0.2) is 42.7 Å². The molecule has 1 atom stereocenters. The second-order valence-electron chi connectivity index (χ2n) is 5.73. The van der Waals surface area contributed by atoms with Crippen LogP contribution in [0.3, 0.4) is 0 Å². The Kier molecular flexibility index (Phi) is 3.38. The van der Waals surface area contributed by atoms with Crippen molar-refractivity contribution in [2.75, 3.05) is 25.1 Å². The Morgan fingerprint density at radius 3 is 2.78 bits per heavy atom. The number of fused-ring (bicyclic) bond motifs is 1. The largest absolute Gasteiger partial charge is 0.497 e. The van der Waals surface area contributed by atoms with Crippen molar-refractivity contribution in [3.63, 3.8) is 0 Å². The molecule has 1 N–H and O–H groups in total. The smallest absolute Gasteiger partial charge is 0.154 e. The zero-order chi connectivity index (χ0) is 15.8. The molecule has 4 rings (SSSR count). The standard InChI is InChI=1S/C17H18N4O2/c1-23-14-4-2-12(3-5-14)15-10-16-17(18-7-9-21(16)19-15)20-8-6-13(22)11-20/h2-5,7,9-10,13,22H,6,8,11H2,1H3. The summed E-state index contributed by atoms with van der Waals surface area (Å²) in [5.41, 5.74) is 2.87. The van der Waals surface area contributed by atoms with Crippen LogP contribution in [-0.2, 0) is 0 Å². The second kappa shape index (κ2) is 5.55. The summed E-state index contributed by atoms with van der Waals surface area (Å²) < 4.78 is 7.03. The molecule has 23 heavy (non-hydrogen) atoms. The van der Waals surface area contributed by atoms with Gasteiger partial charge in [0.15, 0.2) is 5.82 Å². The summed E-state index contributed by atoms with van der Waals surface area (Å²) in [4.78, 5) is 6.60. The van der Waals surface area contributed by atoms with E-state index in [9.17, 15) is 5.11 Å². The van der Waals surface area contributed by atoms with E-state index in [1.165, 1.54) is 0 Å². The highest BCUT2D eigenvalue weighted by Gasteiger charge is 2.23. The van der Waals surface area contributed by atoms with Crippen LogP contribution in [0.2, 0.25) is 0 Å². The first-order chi connectivity index (χ1) is 11.2. The predicted molar refractivity (Wildman–Crippen MR) is 87.8 cm³/mol. The monoisotopic (exact) mass is 310 g/mol. The summed E-state index contributed by atoms with van der Waals surface area (Å²) in [7, 11) is 1.66. The molecule has 0 radical (unpaired) electrons. The van der Waals surface area contributed by atoms with Gasteiger partial charge >= 0.3 is 0 Å². The van der Waals surface area contributed by atoms with Gasteiger partial charge in [-0.15, -0.1) is 0 Å². The molecule has 0 aliphatic carbocycles. The number of benzene rings is 1. The zero-order valence-corrected chi connectivity index (χ0v) is 12.9. The maximum Gasteiger partial charge on any atom is 0.154 e. The molecule has 6 heteroatoms. The molecular formula is C17H18N4O2. The number of rotatable bonds is 3. The van der Waals surface area contributed by atoms with Crippen molar-refractivity contribution < 1.29 is 9.84 Å². The number of β-amino-alcohol motifs (C(OH)–C–C–N with tert-alkyl or cyclic N) is 1. The lowest BCUT2D eigenvalue weighted by molar-refractivity contribution is 0.198. The van der Waals surface area contributed by atoms with E-state index in [-0.39, 0.29) is 6.10 Å². The summed E-state index contributed by atoms with van der Waals surface area (Å²) >= 11 is 0. The molecule has 0 saturated carbocycles. The van der Waals surface area contributed by atoms with Crippen LogP contribution in [0, 0.1) is 0 Å². The Morgan fingerprint density at radius 2 is 2.09 bits per heavy atom. The first-order valence-electron chi connectivity index (χ1n) is 7.66. The number of aromatic nitrogens is 3. The van der Waals surface area contributed by atoms with Crippen LogP contribution in [0.5, 0.6) is 5.75 Å². The van der Waals surface area contributed by atoms with Crippen LogP contribution < -0.4 is 9.64 Å². The van der Waals surface area contributed by atoms with E-state index < -0.39 is 0 Å². The van der Waals surface area contributed by atoms with E-state index in [0.717, 1.165) is 41.3 Å². The number of anilines is 1. The SMILES string of the molecule is COc1ccc(-c2cc3c(N4CCC(O)C4)nccn3n2)cc1. The molecule has 6 nitrogen and oxygen atoms in total. The van der Waals surface area contributed by atoms with Crippen molar-refractivity contribution in [2.45, 2.75) is 12.5 Å². The number of aliphatic hydroxyl groups is 1. The summed E-state index contributed by atoms with van der Waals surface area (Å²) in [6.07, 6.45) is 4.10. The highest BCUT2D eigenvalue weighted by molar-refractivity contribution is 5.75. The molecule has 1 aliphatic rings. The minimum absolute atomic E-state index is 0.277. The maximum absolute atomic E-state index is 9.76. The van der Waals surface area contributed by atoms with E-state index in [2.05, 4.69) is 15.0 Å². The average molecular weight is 310 g/mol. The number of nitrogens with zero attached hydrogens (tertiary/aromatic N) is 4. The van der Waals surface area contributed by atoms with Gasteiger partial charge < -0.3 is 14.7 Å². The second-order valence-corrected chi connectivity index (χ2v) is 5.73. The van der Waals surface area contributed by atoms with E-state index in [1.54, 1.807) is 13.3 Å². The molecule has 3 aromatic rings. The lowest BCUT2D eigenvalue weighted by Crippen LogP contribution is -2.22. The fourth-order valence-electron chi connectivity index (χ4n) is 2.99. The molecule has 2 aromatic heterocycles. The topological polar surface area (TPSA) is 62.9 Å². The normalized spacial score (nSPS) is 17.8. The summed E-state index contributed by atoms with van der Waals surface area (Å²) in [6, 6.07) is 9.88. The summed E-state index contributed by atoms with van der Waals surface area (Å²) in [5, 5.41) is 14.4. The van der Waals surface area contributed by atoms with Gasteiger partial charge in [-0.3, -0.25) is 0 Å². The van der Waals surface area contributed by atoms with Crippen molar-refractivity contribution in [3.8, 4) is 17.0 Å². The first kappa shape index (κ1) is 14.0. The minimum Gasteiger partial charge on any atom is -0.497 e. The van der Waals surface area contributed by atoms with Crippen molar-refractivity contribution in [1.82, 2.24) is 14.6 Å². The lowest BCUT2D eigenvalue weighted by Gasteiger charge is -2.16. The van der Waals surface area contributed by atoms with Crippen LogP contribution in [0.1, 0.15) is 6.42 Å². The van der Waals surface area contributed by atoms with Gasteiger partial charge in [0, 0.05) is 31.0 Å². The highest BCUT2D eigenvalue weighted by Crippen LogP contribution is 2.28. The average Bonchev–Trinajstić information content (AvgIpc) is 3.20. The number of hydrogen-bond acceptors (Lipinski definition) is 5. The Balaban J connectivity index is 1.75. The van der Waals surface area contributed by atoms with Gasteiger partial charge in [0.25, 0.3) is 0 Å². The predicted octanol–water partition coefficient (Wildman–Crippen LogP) is 1.98. The van der Waals surface area contributed by atoms with Gasteiger partial charge in [0.1, 0.15) is 11.3 Å². The Labute approximate surface area is 134 Å². The molecule has 3 heterocycles. The minimum atomic E-state index is -0.277. The molecule has 1 fully saturated rings. The molecule has 0 amide bonds. The third-order valence-electron chi connectivity index (χ3n) is 4.22. The zero-order valence-electron chi connectivity index (χ0n) is 12.9. The molecule has 118 valence electrons. The van der Waals surface area contributed by atoms with Crippen molar-refractivity contribution >= 4 is 11.3 Å². The fourth-order valence-corrected chi connectivity index (χ4v) is 2.99. The van der Waals surface area contributed by atoms with Gasteiger partial charge in [-0.05, 0) is 36.8 Å². The Bertz CT molecular complexity index is 828. The molecule has 0 bridgehead atoms. The van der Waals surface area contributed by atoms with Crippen LogP contribution in [0.4, 0.5) is 5.82 Å². The maximum atomic E-state index is 9.76. The lowest BCUT2D eigenvalue weighted by atomic mass is 10.1. The Hall–Kier alpha value is -2.60. The molecular weight excluding hydrogens is 292 g/mol. The van der Waals surface area contributed by atoms with Crippen LogP contribution in [0.25, 0.3) is 16.8 Å².